The van der Waals surface area contributed by atoms with Gasteiger partial charge >= 0.3 is 6.09 Å². The zero-order chi connectivity index (χ0) is 30.2. The van der Waals surface area contributed by atoms with Gasteiger partial charge in [0.1, 0.15) is 23.6 Å². The summed E-state index contributed by atoms with van der Waals surface area (Å²) < 4.78 is 27.1. The van der Waals surface area contributed by atoms with Crippen LogP contribution in [-0.2, 0) is 14.9 Å². The van der Waals surface area contributed by atoms with Crippen LogP contribution in [0.4, 0.5) is 20.6 Å². The Balaban J connectivity index is 1.56. The molecule has 1 fully saturated rings. The number of fused-ring (bicyclic) bond motifs is 2. The van der Waals surface area contributed by atoms with Crippen LogP contribution in [0.25, 0.3) is 0 Å². The summed E-state index contributed by atoms with van der Waals surface area (Å²) in [5.74, 6) is -1.50. The van der Waals surface area contributed by atoms with Gasteiger partial charge in [-0.05, 0) is 65.4 Å². The van der Waals surface area contributed by atoms with Gasteiger partial charge in [0.2, 0.25) is 5.91 Å². The molecule has 3 aromatic rings. The molecule has 222 valence electrons. The number of benzene rings is 3. The van der Waals surface area contributed by atoms with E-state index in [0.717, 1.165) is 0 Å². The van der Waals surface area contributed by atoms with E-state index in [4.69, 9.17) is 37.8 Å². The van der Waals surface area contributed by atoms with Crippen molar-refractivity contribution < 1.29 is 28.6 Å². The van der Waals surface area contributed by atoms with Crippen molar-refractivity contribution in [2.75, 3.05) is 23.8 Å². The normalized spacial score (nSPS) is 23.0. The summed E-state index contributed by atoms with van der Waals surface area (Å²) in [5, 5.41) is 18.3. The monoisotopic (exact) mass is 615 g/mol. The number of aliphatic hydroxyl groups excluding tert-OH is 1. The van der Waals surface area contributed by atoms with Gasteiger partial charge in [0, 0.05) is 22.4 Å². The number of rotatable bonds is 7. The first kappa shape index (κ1) is 30.1. The molecule has 0 aliphatic carbocycles. The Morgan fingerprint density at radius 3 is 2.55 bits per heavy atom. The highest BCUT2D eigenvalue weighted by molar-refractivity contribution is 6.31. The first-order valence-corrected chi connectivity index (χ1v) is 14.3. The fourth-order valence-electron chi connectivity index (χ4n) is 6.03. The number of ether oxygens (including phenoxy) is 2. The summed E-state index contributed by atoms with van der Waals surface area (Å²) in [5.41, 5.74) is 0.123. The van der Waals surface area contributed by atoms with Gasteiger partial charge in [0.05, 0.1) is 17.5 Å². The van der Waals surface area contributed by atoms with E-state index in [1.54, 1.807) is 54.6 Å². The van der Waals surface area contributed by atoms with Crippen LogP contribution in [0.5, 0.6) is 5.75 Å². The van der Waals surface area contributed by atoms with Crippen molar-refractivity contribution in [1.82, 2.24) is 5.32 Å². The van der Waals surface area contributed by atoms with E-state index in [9.17, 15) is 9.59 Å². The summed E-state index contributed by atoms with van der Waals surface area (Å²) in [7, 11) is 0. The van der Waals surface area contributed by atoms with Crippen LogP contribution < -0.4 is 20.7 Å². The number of nitrogens with one attached hydrogen (secondary N) is 3. The maximum atomic E-state index is 15.8. The maximum absolute atomic E-state index is 15.8. The summed E-state index contributed by atoms with van der Waals surface area (Å²) in [6, 6.07) is 15.7. The van der Waals surface area contributed by atoms with Crippen molar-refractivity contribution in [2.45, 2.75) is 50.8 Å². The minimum absolute atomic E-state index is 0.108. The number of halogens is 3. The van der Waals surface area contributed by atoms with Crippen LogP contribution in [0, 0.1) is 11.2 Å². The molecule has 0 saturated carbocycles. The molecule has 0 bridgehead atoms. The molecule has 4 atom stereocenters. The molecular weight excluding hydrogens is 584 g/mol. The highest BCUT2D eigenvalue weighted by atomic mass is 35.5. The molecule has 2 heterocycles. The molecule has 42 heavy (non-hydrogen) atoms. The first-order chi connectivity index (χ1) is 19.9. The predicted octanol–water partition coefficient (Wildman–Crippen LogP) is 6.46. The second kappa shape index (κ2) is 11.7. The van der Waals surface area contributed by atoms with Crippen LogP contribution in [0.2, 0.25) is 10.0 Å². The third kappa shape index (κ3) is 5.66. The minimum Gasteiger partial charge on any atom is -0.491 e. The Morgan fingerprint density at radius 2 is 1.86 bits per heavy atom. The van der Waals surface area contributed by atoms with Gasteiger partial charge in [-0.3, -0.25) is 15.4 Å². The van der Waals surface area contributed by atoms with E-state index in [2.05, 4.69) is 16.0 Å². The summed E-state index contributed by atoms with van der Waals surface area (Å²) in [4.78, 5) is 27.4. The molecule has 2 aliphatic heterocycles. The van der Waals surface area contributed by atoms with Crippen molar-refractivity contribution in [3.63, 3.8) is 0 Å². The number of hydrogen-bond donors (Lipinski definition) is 4. The molecule has 1 spiro atoms. The van der Waals surface area contributed by atoms with Gasteiger partial charge in [0.15, 0.2) is 6.23 Å². The fourth-order valence-corrected chi connectivity index (χ4v) is 6.38. The van der Waals surface area contributed by atoms with Crippen LogP contribution in [0.15, 0.2) is 60.7 Å². The zero-order valence-corrected chi connectivity index (χ0v) is 24.9. The molecule has 3 aromatic carbocycles. The van der Waals surface area contributed by atoms with Crippen LogP contribution in [0.1, 0.15) is 44.2 Å². The van der Waals surface area contributed by atoms with Crippen molar-refractivity contribution in [3.8, 4) is 5.75 Å². The maximum Gasteiger partial charge on any atom is 0.413 e. The standard InChI is InChI=1S/C31H32Cl2FN3O5/c1-30(2,3)16-24-31(21-12-7-17(32)15-23(21)36-28(31)39)25(20-5-4-6-22(33)26(20)34)27(37-24)42-29(40)35-18-8-10-19(11-9-18)41-14-13-38/h4-12,15,24-25,27,37-38H,13-14,16H2,1-3H3,(H,35,40)(H,36,39)/t24-,25-,27+,31+/m0/s1. The number of hydrogen-bond acceptors (Lipinski definition) is 6. The molecule has 0 radical (unpaired) electrons. The van der Waals surface area contributed by atoms with Crippen LogP contribution in [-0.4, -0.2) is 42.6 Å². The lowest BCUT2D eigenvalue weighted by Gasteiger charge is -2.37. The quantitative estimate of drug-likeness (QED) is 0.243. The SMILES string of the molecule is CC(C)(C)C[C@@H]1N[C@H](OC(=O)Nc2ccc(OCCO)cc2)[C@H](c2cccc(Cl)c2F)[C@]12C(=O)Nc1cc(Cl)ccc12. The number of amides is 2. The molecule has 0 unspecified atom stereocenters. The topological polar surface area (TPSA) is 109 Å². The van der Waals surface area contributed by atoms with Gasteiger partial charge in [-0.25, -0.2) is 9.18 Å². The Morgan fingerprint density at radius 1 is 1.12 bits per heavy atom. The largest absolute Gasteiger partial charge is 0.491 e. The van der Waals surface area contributed by atoms with E-state index < -0.39 is 35.5 Å². The molecular formula is C31H32Cl2FN3O5. The van der Waals surface area contributed by atoms with Gasteiger partial charge < -0.3 is 19.9 Å². The van der Waals surface area contributed by atoms with E-state index >= 15 is 4.39 Å². The molecule has 2 amide bonds. The van der Waals surface area contributed by atoms with Crippen molar-refractivity contribution in [1.29, 1.82) is 0 Å². The lowest BCUT2D eigenvalue weighted by molar-refractivity contribution is -0.122. The highest BCUT2D eigenvalue weighted by Gasteiger charge is 2.66. The van der Waals surface area contributed by atoms with Gasteiger partial charge in [-0.2, -0.15) is 0 Å². The molecule has 2 aliphatic rings. The van der Waals surface area contributed by atoms with E-state index in [0.29, 0.717) is 34.1 Å². The Kier molecular flexibility index (Phi) is 8.40. The average Bonchev–Trinajstić information content (AvgIpc) is 3.37. The number of aliphatic hydroxyl groups is 1. The second-order valence-electron chi connectivity index (χ2n) is 11.7. The van der Waals surface area contributed by atoms with Crippen molar-refractivity contribution >= 4 is 46.6 Å². The smallest absolute Gasteiger partial charge is 0.413 e. The Bertz CT molecular complexity index is 1500. The summed E-state index contributed by atoms with van der Waals surface area (Å²) in [6.45, 7) is 6.15. The summed E-state index contributed by atoms with van der Waals surface area (Å²) >= 11 is 12.5. The number of carbonyl (C=O) groups is 2. The zero-order valence-electron chi connectivity index (χ0n) is 23.3. The Hall–Kier alpha value is -3.37. The van der Waals surface area contributed by atoms with Crippen LogP contribution >= 0.6 is 23.2 Å². The van der Waals surface area contributed by atoms with Crippen molar-refractivity contribution in [3.05, 3.63) is 87.7 Å². The number of carbonyl (C=O) groups excluding carboxylic acids is 2. The third-order valence-electron chi connectivity index (χ3n) is 7.59. The van der Waals surface area contributed by atoms with Gasteiger partial charge in [-0.1, -0.05) is 62.2 Å². The Labute approximate surface area is 253 Å². The second-order valence-corrected chi connectivity index (χ2v) is 12.5. The molecule has 8 nitrogen and oxygen atoms in total. The van der Waals surface area contributed by atoms with E-state index in [1.165, 1.54) is 6.07 Å². The molecule has 11 heteroatoms. The van der Waals surface area contributed by atoms with Crippen molar-refractivity contribution in [2.24, 2.45) is 5.41 Å². The highest BCUT2D eigenvalue weighted by Crippen LogP contribution is 2.57. The van der Waals surface area contributed by atoms with Gasteiger partial charge in [0.25, 0.3) is 0 Å². The minimum atomic E-state index is -1.35. The third-order valence-corrected chi connectivity index (χ3v) is 8.11. The lowest BCUT2D eigenvalue weighted by atomic mass is 9.63. The lowest BCUT2D eigenvalue weighted by Crippen LogP contribution is -2.49. The predicted molar refractivity (Wildman–Crippen MR) is 160 cm³/mol. The number of anilines is 2. The van der Waals surface area contributed by atoms with Crippen LogP contribution in [0.3, 0.4) is 0 Å². The van der Waals surface area contributed by atoms with E-state index in [-0.39, 0.29) is 35.1 Å². The molecule has 0 aromatic heterocycles. The molecule has 1 saturated heterocycles. The van der Waals surface area contributed by atoms with Gasteiger partial charge in [-0.15, -0.1) is 0 Å². The average molecular weight is 617 g/mol. The first-order valence-electron chi connectivity index (χ1n) is 13.6. The molecule has 5 rings (SSSR count). The van der Waals surface area contributed by atoms with E-state index in [1.807, 2.05) is 20.8 Å². The fraction of sp³-hybridized carbons (Fsp3) is 0.355. The molecule has 4 N–H and O–H groups in total. The summed E-state index contributed by atoms with van der Waals surface area (Å²) in [6.07, 6.45) is -1.41.